The summed E-state index contributed by atoms with van der Waals surface area (Å²) in [6.07, 6.45) is 0. The van der Waals surface area contributed by atoms with Gasteiger partial charge in [-0.05, 0) is 0 Å². The Kier molecular flexibility index (Phi) is 1.78. The van der Waals surface area contributed by atoms with Gasteiger partial charge >= 0.3 is 0 Å². The number of nitrogens with zero attached hydrogens (tertiary/aromatic N) is 2. The van der Waals surface area contributed by atoms with Gasteiger partial charge in [-0.15, -0.1) is 0 Å². The van der Waals surface area contributed by atoms with Crippen LogP contribution in [0.15, 0.2) is 0 Å². The molecule has 9 heavy (non-hydrogen) atoms. The Balaban J connectivity index is 3.08. The first-order valence-electron chi connectivity index (χ1n) is 2.21. The number of carbonyl (C=O) groups excluding carboxylic acids is 1. The highest BCUT2D eigenvalue weighted by atomic mass is 35.5. The van der Waals surface area contributed by atoms with Crippen molar-refractivity contribution in [1.82, 2.24) is 8.75 Å². The van der Waals surface area contributed by atoms with Crippen LogP contribution in [0.4, 0.5) is 0 Å². The van der Waals surface area contributed by atoms with Gasteiger partial charge < -0.3 is 0 Å². The first-order chi connectivity index (χ1) is 4.22. The van der Waals surface area contributed by atoms with Gasteiger partial charge in [-0.25, -0.2) is 0 Å². The molecule has 0 spiro atoms. The minimum Gasteiger partial charge on any atom is -0.293 e. The molecular formula is C4H3ClN2OS. The van der Waals surface area contributed by atoms with Gasteiger partial charge in [0.05, 0.1) is 11.7 Å². The Labute approximate surface area is 61.0 Å². The summed E-state index contributed by atoms with van der Waals surface area (Å²) in [6, 6.07) is 0. The van der Waals surface area contributed by atoms with Gasteiger partial charge in [0, 0.05) is 6.92 Å². The van der Waals surface area contributed by atoms with E-state index in [4.69, 9.17) is 11.6 Å². The highest BCUT2D eigenvalue weighted by Crippen LogP contribution is 2.11. The van der Waals surface area contributed by atoms with E-state index in [9.17, 15) is 4.79 Å². The molecular weight excluding hydrogens is 160 g/mol. The van der Waals surface area contributed by atoms with Gasteiger partial charge in [-0.2, -0.15) is 8.75 Å². The Bertz CT molecular complexity index is 234. The lowest BCUT2D eigenvalue weighted by Crippen LogP contribution is -1.91. The third-order valence-corrected chi connectivity index (χ3v) is 1.67. The van der Waals surface area contributed by atoms with Gasteiger partial charge in [0.15, 0.2) is 16.6 Å². The molecule has 1 aromatic heterocycles. The second kappa shape index (κ2) is 2.41. The molecule has 0 fully saturated rings. The molecule has 5 heteroatoms. The van der Waals surface area contributed by atoms with E-state index in [2.05, 4.69) is 8.75 Å². The van der Waals surface area contributed by atoms with Gasteiger partial charge in [-0.3, -0.25) is 4.79 Å². The molecule has 0 aliphatic rings. The lowest BCUT2D eigenvalue weighted by Gasteiger charge is -1.81. The monoisotopic (exact) mass is 162 g/mol. The zero-order valence-electron chi connectivity index (χ0n) is 4.59. The maximum absolute atomic E-state index is 10.5. The van der Waals surface area contributed by atoms with Crippen molar-refractivity contribution >= 4 is 29.1 Å². The molecule has 1 aromatic rings. The molecule has 0 saturated heterocycles. The van der Waals surface area contributed by atoms with E-state index >= 15 is 0 Å². The SMILES string of the molecule is CC(=O)c1nsnc1Cl. The quantitative estimate of drug-likeness (QED) is 0.587. The molecule has 48 valence electrons. The van der Waals surface area contributed by atoms with Crippen LogP contribution >= 0.6 is 23.3 Å². The van der Waals surface area contributed by atoms with Gasteiger partial charge in [0.1, 0.15) is 0 Å². The van der Waals surface area contributed by atoms with Crippen molar-refractivity contribution < 1.29 is 4.79 Å². The zero-order valence-corrected chi connectivity index (χ0v) is 6.16. The Hall–Kier alpha value is -0.480. The lowest BCUT2D eigenvalue weighted by atomic mass is 10.3. The van der Waals surface area contributed by atoms with E-state index in [-0.39, 0.29) is 16.6 Å². The van der Waals surface area contributed by atoms with Crippen molar-refractivity contribution in [3.63, 3.8) is 0 Å². The molecule has 0 unspecified atom stereocenters. The highest BCUT2D eigenvalue weighted by molar-refractivity contribution is 6.99. The number of rotatable bonds is 1. The van der Waals surface area contributed by atoms with Crippen molar-refractivity contribution in [1.29, 1.82) is 0 Å². The summed E-state index contributed by atoms with van der Waals surface area (Å²) < 4.78 is 7.28. The average Bonchev–Trinajstić information content (AvgIpc) is 2.13. The van der Waals surface area contributed by atoms with Crippen LogP contribution in [0.3, 0.4) is 0 Å². The Morgan fingerprint density at radius 3 is 2.56 bits per heavy atom. The molecule has 0 bridgehead atoms. The zero-order chi connectivity index (χ0) is 6.85. The van der Waals surface area contributed by atoms with Crippen LogP contribution in [0.2, 0.25) is 5.15 Å². The molecule has 0 amide bonds. The molecule has 1 heterocycles. The number of carbonyl (C=O) groups is 1. The number of aromatic nitrogens is 2. The summed E-state index contributed by atoms with van der Waals surface area (Å²) in [4.78, 5) is 10.5. The third kappa shape index (κ3) is 1.25. The molecule has 0 saturated carbocycles. The van der Waals surface area contributed by atoms with E-state index in [1.165, 1.54) is 6.92 Å². The molecule has 3 nitrogen and oxygen atoms in total. The van der Waals surface area contributed by atoms with E-state index < -0.39 is 0 Å². The van der Waals surface area contributed by atoms with Crippen LogP contribution in [0, 0.1) is 0 Å². The minimum atomic E-state index is -0.145. The summed E-state index contributed by atoms with van der Waals surface area (Å²) in [5.41, 5.74) is 0.265. The number of halogens is 1. The molecule has 0 aliphatic carbocycles. The Morgan fingerprint density at radius 2 is 2.33 bits per heavy atom. The summed E-state index contributed by atoms with van der Waals surface area (Å²) in [6.45, 7) is 1.41. The maximum Gasteiger partial charge on any atom is 0.182 e. The number of ketones is 1. The van der Waals surface area contributed by atoms with Crippen molar-refractivity contribution in [2.75, 3.05) is 0 Å². The molecule has 0 aromatic carbocycles. The van der Waals surface area contributed by atoms with Crippen molar-refractivity contribution in [3.05, 3.63) is 10.8 Å². The third-order valence-electron chi connectivity index (χ3n) is 0.782. The summed E-state index contributed by atoms with van der Waals surface area (Å²) in [5.74, 6) is -0.145. The van der Waals surface area contributed by atoms with Crippen molar-refractivity contribution in [2.24, 2.45) is 0 Å². The summed E-state index contributed by atoms with van der Waals surface area (Å²) >= 11 is 6.39. The Morgan fingerprint density at radius 1 is 1.67 bits per heavy atom. The topological polar surface area (TPSA) is 42.9 Å². The fraction of sp³-hybridized carbons (Fsp3) is 0.250. The normalized spacial score (nSPS) is 9.56. The largest absolute Gasteiger partial charge is 0.293 e. The van der Waals surface area contributed by atoms with Crippen molar-refractivity contribution in [2.45, 2.75) is 6.92 Å². The van der Waals surface area contributed by atoms with Gasteiger partial charge in [-0.1, -0.05) is 11.6 Å². The smallest absolute Gasteiger partial charge is 0.182 e. The van der Waals surface area contributed by atoms with E-state index in [1.807, 2.05) is 0 Å². The predicted molar refractivity (Wildman–Crippen MR) is 34.9 cm³/mol. The molecule has 0 aliphatic heterocycles. The van der Waals surface area contributed by atoms with Crippen LogP contribution in [-0.4, -0.2) is 14.5 Å². The predicted octanol–water partition coefficient (Wildman–Crippen LogP) is 1.39. The standard InChI is InChI=1S/C4H3ClN2OS/c1-2(8)3-4(5)7-9-6-3/h1H3. The van der Waals surface area contributed by atoms with Gasteiger partial charge in [0.2, 0.25) is 0 Å². The highest BCUT2D eigenvalue weighted by Gasteiger charge is 2.08. The average molecular weight is 163 g/mol. The maximum atomic E-state index is 10.5. The minimum absolute atomic E-state index is 0.145. The van der Waals surface area contributed by atoms with E-state index in [0.29, 0.717) is 0 Å². The fourth-order valence-electron chi connectivity index (χ4n) is 0.388. The molecule has 0 atom stereocenters. The molecule has 0 N–H and O–H groups in total. The van der Waals surface area contributed by atoms with Crippen LogP contribution in [0.25, 0.3) is 0 Å². The van der Waals surface area contributed by atoms with Crippen LogP contribution < -0.4 is 0 Å². The number of hydrogen-bond acceptors (Lipinski definition) is 4. The van der Waals surface area contributed by atoms with Crippen molar-refractivity contribution in [3.8, 4) is 0 Å². The second-order valence-electron chi connectivity index (χ2n) is 1.46. The van der Waals surface area contributed by atoms with E-state index in [0.717, 1.165) is 11.7 Å². The van der Waals surface area contributed by atoms with Crippen LogP contribution in [0.5, 0.6) is 0 Å². The molecule has 1 rings (SSSR count). The first kappa shape index (κ1) is 6.64. The van der Waals surface area contributed by atoms with Crippen LogP contribution in [0.1, 0.15) is 17.4 Å². The lowest BCUT2D eigenvalue weighted by molar-refractivity contribution is 0.101. The second-order valence-corrected chi connectivity index (χ2v) is 2.35. The molecule has 0 radical (unpaired) electrons. The summed E-state index contributed by atoms with van der Waals surface area (Å²) in [5, 5.41) is 0.201. The number of hydrogen-bond donors (Lipinski definition) is 0. The van der Waals surface area contributed by atoms with Gasteiger partial charge in [0.25, 0.3) is 0 Å². The van der Waals surface area contributed by atoms with Crippen LogP contribution in [-0.2, 0) is 0 Å². The number of Topliss-reactive ketones (excluding diaryl/α,β-unsaturated/α-hetero) is 1. The van der Waals surface area contributed by atoms with E-state index in [1.54, 1.807) is 0 Å². The fourth-order valence-corrected chi connectivity index (χ4v) is 1.20. The summed E-state index contributed by atoms with van der Waals surface area (Å²) in [7, 11) is 0. The first-order valence-corrected chi connectivity index (χ1v) is 3.31.